The number of fused-ring (bicyclic) bond motifs is 4. The van der Waals surface area contributed by atoms with Crippen LogP contribution in [0.15, 0.2) is 55.1 Å². The van der Waals surface area contributed by atoms with E-state index in [0.29, 0.717) is 0 Å². The molecule has 2 aromatic rings. The van der Waals surface area contributed by atoms with E-state index in [9.17, 15) is 0 Å². The Morgan fingerprint density at radius 1 is 0.867 bits per heavy atom. The SMILES string of the molecule is C=CCc1cccc2c1-c1ccccc1-2. The molecule has 3 rings (SSSR count). The van der Waals surface area contributed by atoms with Gasteiger partial charge in [-0.25, -0.2) is 0 Å². The lowest BCUT2D eigenvalue weighted by atomic mass is 9.77. The maximum absolute atomic E-state index is 3.81. The highest BCUT2D eigenvalue weighted by Crippen LogP contribution is 2.48. The molecule has 0 radical (unpaired) electrons. The van der Waals surface area contributed by atoms with E-state index in [4.69, 9.17) is 0 Å². The Balaban J connectivity index is 2.20. The van der Waals surface area contributed by atoms with E-state index in [2.05, 4.69) is 49.0 Å². The predicted octanol–water partition coefficient (Wildman–Crippen LogP) is 4.06. The van der Waals surface area contributed by atoms with Gasteiger partial charge in [-0.05, 0) is 34.2 Å². The van der Waals surface area contributed by atoms with Crippen molar-refractivity contribution in [3.63, 3.8) is 0 Å². The summed E-state index contributed by atoms with van der Waals surface area (Å²) in [6.07, 6.45) is 2.92. The molecule has 2 aromatic carbocycles. The molecule has 1 aliphatic carbocycles. The molecule has 1 aliphatic rings. The molecule has 72 valence electrons. The van der Waals surface area contributed by atoms with E-state index in [1.165, 1.54) is 27.8 Å². The lowest BCUT2D eigenvalue weighted by molar-refractivity contribution is 1.27. The third kappa shape index (κ3) is 1.08. The highest BCUT2D eigenvalue weighted by atomic mass is 14.3. The summed E-state index contributed by atoms with van der Waals surface area (Å²) in [7, 11) is 0. The Morgan fingerprint density at radius 3 is 2.40 bits per heavy atom. The Kier molecular flexibility index (Phi) is 1.75. The smallest absolute Gasteiger partial charge is 0.00637 e. The molecule has 15 heavy (non-hydrogen) atoms. The van der Waals surface area contributed by atoms with E-state index in [-0.39, 0.29) is 0 Å². The van der Waals surface area contributed by atoms with Crippen LogP contribution in [0.3, 0.4) is 0 Å². The van der Waals surface area contributed by atoms with Gasteiger partial charge in [-0.3, -0.25) is 0 Å². The van der Waals surface area contributed by atoms with Crippen molar-refractivity contribution < 1.29 is 0 Å². The van der Waals surface area contributed by atoms with Gasteiger partial charge in [0.2, 0.25) is 0 Å². The average Bonchev–Trinajstić information content (AvgIpc) is 2.26. The quantitative estimate of drug-likeness (QED) is 0.537. The molecular weight excluding hydrogens is 180 g/mol. The lowest BCUT2D eigenvalue weighted by Crippen LogP contribution is -2.01. The number of benzene rings is 2. The van der Waals surface area contributed by atoms with E-state index in [1.54, 1.807) is 0 Å². The third-order valence-corrected chi connectivity index (χ3v) is 3.00. The van der Waals surface area contributed by atoms with Gasteiger partial charge in [0.15, 0.2) is 0 Å². The van der Waals surface area contributed by atoms with Gasteiger partial charge < -0.3 is 0 Å². The highest BCUT2D eigenvalue weighted by molar-refractivity contribution is 6.03. The second kappa shape index (κ2) is 3.09. The minimum absolute atomic E-state index is 0.956. The number of allylic oxidation sites excluding steroid dienone is 1. The van der Waals surface area contributed by atoms with Crippen molar-refractivity contribution in [3.05, 3.63) is 60.7 Å². The first kappa shape index (κ1) is 8.49. The molecule has 0 atom stereocenters. The van der Waals surface area contributed by atoms with E-state index < -0.39 is 0 Å². The van der Waals surface area contributed by atoms with Crippen LogP contribution in [0.1, 0.15) is 5.56 Å². The Labute approximate surface area is 89.9 Å². The normalized spacial score (nSPS) is 11.2. The molecule has 0 amide bonds. The predicted molar refractivity (Wildman–Crippen MR) is 64.8 cm³/mol. The molecule has 0 heteroatoms. The molecule has 0 spiro atoms. The maximum Gasteiger partial charge on any atom is -0.00637 e. The fourth-order valence-electron chi connectivity index (χ4n) is 2.34. The molecule has 0 aromatic heterocycles. The summed E-state index contributed by atoms with van der Waals surface area (Å²) in [5, 5.41) is 0. The lowest BCUT2D eigenvalue weighted by Gasteiger charge is -2.26. The zero-order valence-corrected chi connectivity index (χ0v) is 8.53. The van der Waals surface area contributed by atoms with Crippen LogP contribution in [0.2, 0.25) is 0 Å². The van der Waals surface area contributed by atoms with Crippen molar-refractivity contribution in [2.24, 2.45) is 0 Å². The highest BCUT2D eigenvalue weighted by Gasteiger charge is 2.23. The van der Waals surface area contributed by atoms with Gasteiger partial charge in [-0.15, -0.1) is 6.58 Å². The summed E-state index contributed by atoms with van der Waals surface area (Å²) in [6.45, 7) is 3.81. The van der Waals surface area contributed by atoms with E-state index >= 15 is 0 Å². The first-order valence-corrected chi connectivity index (χ1v) is 5.24. The molecule has 0 heterocycles. The Morgan fingerprint density at radius 2 is 1.60 bits per heavy atom. The van der Waals surface area contributed by atoms with Gasteiger partial charge in [0.1, 0.15) is 0 Å². The number of hydrogen-bond acceptors (Lipinski definition) is 0. The monoisotopic (exact) mass is 192 g/mol. The van der Waals surface area contributed by atoms with Crippen LogP contribution in [0.4, 0.5) is 0 Å². The van der Waals surface area contributed by atoms with Crippen molar-refractivity contribution in [2.75, 3.05) is 0 Å². The molecule has 0 N–H and O–H groups in total. The van der Waals surface area contributed by atoms with E-state index in [0.717, 1.165) is 6.42 Å². The van der Waals surface area contributed by atoms with Crippen LogP contribution in [0.5, 0.6) is 0 Å². The molecular formula is C15H12. The second-order valence-corrected chi connectivity index (χ2v) is 3.88. The van der Waals surface area contributed by atoms with Crippen LogP contribution in [-0.4, -0.2) is 0 Å². The fraction of sp³-hybridized carbons (Fsp3) is 0.0667. The van der Waals surface area contributed by atoms with Crippen molar-refractivity contribution in [2.45, 2.75) is 6.42 Å². The number of rotatable bonds is 2. The van der Waals surface area contributed by atoms with Crippen molar-refractivity contribution in [3.8, 4) is 22.3 Å². The van der Waals surface area contributed by atoms with Gasteiger partial charge in [0, 0.05) is 0 Å². The zero-order chi connectivity index (χ0) is 10.3. The van der Waals surface area contributed by atoms with Crippen molar-refractivity contribution in [1.82, 2.24) is 0 Å². The minimum atomic E-state index is 0.956. The van der Waals surface area contributed by atoms with Crippen molar-refractivity contribution >= 4 is 0 Å². The number of hydrogen-bond donors (Lipinski definition) is 0. The van der Waals surface area contributed by atoms with Gasteiger partial charge in [-0.1, -0.05) is 48.5 Å². The van der Waals surface area contributed by atoms with Crippen molar-refractivity contribution in [1.29, 1.82) is 0 Å². The van der Waals surface area contributed by atoms with Gasteiger partial charge >= 0.3 is 0 Å². The van der Waals surface area contributed by atoms with Crippen LogP contribution >= 0.6 is 0 Å². The molecule has 0 saturated carbocycles. The van der Waals surface area contributed by atoms with Crippen LogP contribution in [-0.2, 0) is 6.42 Å². The van der Waals surface area contributed by atoms with Gasteiger partial charge in [0.05, 0.1) is 0 Å². The van der Waals surface area contributed by atoms with Crippen LogP contribution in [0.25, 0.3) is 22.3 Å². The summed E-state index contributed by atoms with van der Waals surface area (Å²) in [5.74, 6) is 0. The van der Waals surface area contributed by atoms with Gasteiger partial charge in [-0.2, -0.15) is 0 Å². The minimum Gasteiger partial charge on any atom is -0.103 e. The summed E-state index contributed by atoms with van der Waals surface area (Å²) in [6, 6.07) is 15.1. The summed E-state index contributed by atoms with van der Waals surface area (Å²) >= 11 is 0. The Hall–Kier alpha value is -1.82. The topological polar surface area (TPSA) is 0 Å². The van der Waals surface area contributed by atoms with Gasteiger partial charge in [0.25, 0.3) is 0 Å². The van der Waals surface area contributed by atoms with E-state index in [1.807, 2.05) is 6.08 Å². The standard InChI is InChI=1S/C15H12/c1-2-6-11-7-5-10-14-12-8-3-4-9-13(12)15(11)14/h2-5,7-10H,1,6H2. The second-order valence-electron chi connectivity index (χ2n) is 3.88. The zero-order valence-electron chi connectivity index (χ0n) is 8.53. The maximum atomic E-state index is 3.81. The third-order valence-electron chi connectivity index (χ3n) is 3.00. The molecule has 0 bridgehead atoms. The van der Waals surface area contributed by atoms with Crippen LogP contribution in [0, 0.1) is 0 Å². The summed E-state index contributed by atoms with van der Waals surface area (Å²) in [5.41, 5.74) is 6.99. The largest absolute Gasteiger partial charge is 0.103 e. The first-order chi connectivity index (χ1) is 7.42. The average molecular weight is 192 g/mol. The molecule has 0 fully saturated rings. The molecule has 0 aliphatic heterocycles. The molecule has 0 saturated heterocycles. The summed E-state index contributed by atoms with van der Waals surface area (Å²) < 4.78 is 0. The molecule has 0 nitrogen and oxygen atoms in total. The Bertz CT molecular complexity index is 535. The molecule has 0 unspecified atom stereocenters. The van der Waals surface area contributed by atoms with Crippen LogP contribution < -0.4 is 0 Å². The summed E-state index contributed by atoms with van der Waals surface area (Å²) in [4.78, 5) is 0. The fourth-order valence-corrected chi connectivity index (χ4v) is 2.34. The first-order valence-electron chi connectivity index (χ1n) is 5.24.